The minimum atomic E-state index is -0.449. The Morgan fingerprint density at radius 3 is 2.94 bits per heavy atom. The highest BCUT2D eigenvalue weighted by molar-refractivity contribution is 6.31. The van der Waals surface area contributed by atoms with Crippen LogP contribution in [-0.4, -0.2) is 40.0 Å². The number of likely N-dealkylation sites (tertiary alicyclic amines) is 1. The molecule has 0 radical (unpaired) electrons. The molecule has 6 heteroatoms. The first kappa shape index (κ1) is 10.9. The molecule has 0 spiro atoms. The molecule has 3 rings (SSSR count). The van der Waals surface area contributed by atoms with Gasteiger partial charge in [-0.3, -0.25) is 0 Å². The first-order chi connectivity index (χ1) is 8.13. The topological polar surface area (TPSA) is 34.0 Å². The van der Waals surface area contributed by atoms with Crippen LogP contribution in [0.1, 0.15) is 0 Å². The Morgan fingerprint density at radius 2 is 2.24 bits per heavy atom. The lowest BCUT2D eigenvalue weighted by Gasteiger charge is -2.35. The number of rotatable bonds is 2. The molecule has 1 aliphatic rings. The van der Waals surface area contributed by atoms with Gasteiger partial charge in [0.05, 0.1) is 10.5 Å². The van der Waals surface area contributed by atoms with Crippen molar-refractivity contribution in [1.82, 2.24) is 19.9 Å². The van der Waals surface area contributed by atoms with Crippen molar-refractivity contribution in [3.63, 3.8) is 0 Å². The minimum absolute atomic E-state index is 0.117. The van der Waals surface area contributed by atoms with E-state index in [0.29, 0.717) is 11.4 Å². The summed E-state index contributed by atoms with van der Waals surface area (Å²) in [7, 11) is 2.09. The summed E-state index contributed by atoms with van der Waals surface area (Å²) < 4.78 is 15.0. The molecule has 0 atom stereocenters. The normalized spacial score (nSPS) is 17.6. The molecule has 17 heavy (non-hydrogen) atoms. The van der Waals surface area contributed by atoms with Crippen molar-refractivity contribution in [3.05, 3.63) is 23.0 Å². The molecular formula is C11H12ClFN4. The summed E-state index contributed by atoms with van der Waals surface area (Å²) >= 11 is 5.77. The number of nitrogens with zero attached hydrogens (tertiary/aromatic N) is 4. The average Bonchev–Trinajstić information content (AvgIpc) is 2.60. The van der Waals surface area contributed by atoms with Crippen molar-refractivity contribution in [2.45, 2.75) is 6.54 Å². The molecule has 1 aromatic heterocycles. The molecule has 1 aromatic carbocycles. The predicted molar refractivity (Wildman–Crippen MR) is 63.5 cm³/mol. The average molecular weight is 255 g/mol. The van der Waals surface area contributed by atoms with Crippen molar-refractivity contribution >= 4 is 22.6 Å². The van der Waals surface area contributed by atoms with Crippen LogP contribution < -0.4 is 0 Å². The van der Waals surface area contributed by atoms with Gasteiger partial charge in [0.25, 0.3) is 0 Å². The number of halogens is 2. The fourth-order valence-electron chi connectivity index (χ4n) is 2.29. The number of fused-ring (bicyclic) bond motifs is 1. The fraction of sp³-hybridized carbons (Fsp3) is 0.455. The summed E-state index contributed by atoms with van der Waals surface area (Å²) in [6, 6.07) is 2.92. The van der Waals surface area contributed by atoms with E-state index in [1.807, 2.05) is 0 Å². The van der Waals surface area contributed by atoms with E-state index < -0.39 is 5.82 Å². The lowest BCUT2D eigenvalue weighted by atomic mass is 10.0. The van der Waals surface area contributed by atoms with Crippen LogP contribution in [0.4, 0.5) is 4.39 Å². The largest absolute Gasteiger partial charge is 0.306 e. The third kappa shape index (κ3) is 1.89. The predicted octanol–water partition coefficient (Wildman–Crippen LogP) is 1.79. The summed E-state index contributed by atoms with van der Waals surface area (Å²) in [5.74, 6) is 0.142. The highest BCUT2D eigenvalue weighted by Crippen LogP contribution is 2.23. The van der Waals surface area contributed by atoms with Crippen LogP contribution in [0.3, 0.4) is 0 Å². The van der Waals surface area contributed by atoms with E-state index >= 15 is 0 Å². The molecule has 1 aliphatic heterocycles. The van der Waals surface area contributed by atoms with Crippen LogP contribution in [0.5, 0.6) is 0 Å². The molecule has 1 fully saturated rings. The van der Waals surface area contributed by atoms with Crippen molar-refractivity contribution in [1.29, 1.82) is 0 Å². The highest BCUT2D eigenvalue weighted by Gasteiger charge is 2.24. The Morgan fingerprint density at radius 1 is 1.47 bits per heavy atom. The fourth-order valence-corrected chi connectivity index (χ4v) is 2.44. The quantitative estimate of drug-likeness (QED) is 0.819. The lowest BCUT2D eigenvalue weighted by molar-refractivity contribution is 0.116. The van der Waals surface area contributed by atoms with Gasteiger partial charge in [0.15, 0.2) is 0 Å². The van der Waals surface area contributed by atoms with Gasteiger partial charge in [-0.1, -0.05) is 16.8 Å². The molecule has 1 saturated heterocycles. The van der Waals surface area contributed by atoms with Crippen molar-refractivity contribution in [3.8, 4) is 0 Å². The smallest absolute Gasteiger partial charge is 0.144 e. The van der Waals surface area contributed by atoms with Crippen molar-refractivity contribution in [2.75, 3.05) is 20.1 Å². The van der Waals surface area contributed by atoms with Gasteiger partial charge in [0.1, 0.15) is 11.3 Å². The van der Waals surface area contributed by atoms with Crippen molar-refractivity contribution in [2.24, 2.45) is 5.92 Å². The van der Waals surface area contributed by atoms with Gasteiger partial charge in [0, 0.05) is 31.6 Å². The van der Waals surface area contributed by atoms with E-state index in [1.54, 1.807) is 10.7 Å². The maximum absolute atomic E-state index is 13.2. The molecule has 2 heterocycles. The molecule has 90 valence electrons. The Kier molecular flexibility index (Phi) is 2.52. The Hall–Kier alpha value is -1.20. The maximum atomic E-state index is 13.2. The Labute approximate surface area is 103 Å². The van der Waals surface area contributed by atoms with Crippen LogP contribution in [0, 0.1) is 11.7 Å². The van der Waals surface area contributed by atoms with Gasteiger partial charge >= 0.3 is 0 Å². The summed E-state index contributed by atoms with van der Waals surface area (Å²) in [6.45, 7) is 2.94. The number of hydrogen-bond acceptors (Lipinski definition) is 3. The van der Waals surface area contributed by atoms with E-state index in [0.717, 1.165) is 25.2 Å². The summed E-state index contributed by atoms with van der Waals surface area (Å²) in [5.41, 5.74) is 1.35. The molecule has 0 amide bonds. The lowest BCUT2D eigenvalue weighted by Crippen LogP contribution is -2.45. The second-order valence-corrected chi connectivity index (χ2v) is 5.02. The third-order valence-electron chi connectivity index (χ3n) is 3.13. The first-order valence-corrected chi connectivity index (χ1v) is 5.88. The van der Waals surface area contributed by atoms with Gasteiger partial charge in [0.2, 0.25) is 0 Å². The first-order valence-electron chi connectivity index (χ1n) is 5.50. The second-order valence-electron chi connectivity index (χ2n) is 4.61. The molecule has 0 bridgehead atoms. The number of aromatic nitrogens is 3. The van der Waals surface area contributed by atoms with Crippen LogP contribution in [-0.2, 0) is 6.54 Å². The second kappa shape index (κ2) is 3.92. The number of benzene rings is 1. The van der Waals surface area contributed by atoms with E-state index in [-0.39, 0.29) is 5.02 Å². The molecular weight excluding hydrogens is 243 g/mol. The standard InChI is InChI=1S/C11H12ClFN4/c1-16-4-7(5-16)6-17-11-2-8(12)9(13)3-10(11)14-15-17/h2-3,7H,4-6H2,1H3. The summed E-state index contributed by atoms with van der Waals surface area (Å²) in [6.07, 6.45) is 0. The van der Waals surface area contributed by atoms with Gasteiger partial charge in [-0.2, -0.15) is 0 Å². The van der Waals surface area contributed by atoms with Crippen molar-refractivity contribution < 1.29 is 4.39 Å². The zero-order valence-electron chi connectivity index (χ0n) is 9.40. The zero-order valence-corrected chi connectivity index (χ0v) is 10.2. The van der Waals surface area contributed by atoms with Crippen LogP contribution >= 0.6 is 11.6 Å². The van der Waals surface area contributed by atoms with E-state index in [2.05, 4.69) is 22.3 Å². The molecule has 0 unspecified atom stereocenters. The van der Waals surface area contributed by atoms with Gasteiger partial charge in [-0.05, 0) is 13.1 Å². The third-order valence-corrected chi connectivity index (χ3v) is 3.42. The van der Waals surface area contributed by atoms with Gasteiger partial charge in [-0.15, -0.1) is 5.10 Å². The van der Waals surface area contributed by atoms with E-state index in [4.69, 9.17) is 11.6 Å². The molecule has 0 saturated carbocycles. The molecule has 0 aliphatic carbocycles. The van der Waals surface area contributed by atoms with E-state index in [1.165, 1.54) is 6.07 Å². The summed E-state index contributed by atoms with van der Waals surface area (Å²) in [4.78, 5) is 2.25. The molecule has 0 N–H and O–H groups in total. The number of hydrogen-bond donors (Lipinski definition) is 0. The molecule has 4 nitrogen and oxygen atoms in total. The SMILES string of the molecule is CN1CC(Cn2nnc3cc(F)c(Cl)cc32)C1. The van der Waals surface area contributed by atoms with Crippen LogP contribution in [0.15, 0.2) is 12.1 Å². The zero-order chi connectivity index (χ0) is 12.0. The Bertz CT molecular complexity index is 562. The highest BCUT2D eigenvalue weighted by atomic mass is 35.5. The Balaban J connectivity index is 1.92. The monoisotopic (exact) mass is 254 g/mol. The van der Waals surface area contributed by atoms with Gasteiger partial charge in [-0.25, -0.2) is 9.07 Å². The van der Waals surface area contributed by atoms with Gasteiger partial charge < -0.3 is 4.90 Å². The summed E-state index contributed by atoms with van der Waals surface area (Å²) in [5, 5.41) is 8.12. The molecule has 2 aromatic rings. The van der Waals surface area contributed by atoms with E-state index in [9.17, 15) is 4.39 Å². The minimum Gasteiger partial charge on any atom is -0.306 e. The van der Waals surface area contributed by atoms with Crippen LogP contribution in [0.2, 0.25) is 5.02 Å². The maximum Gasteiger partial charge on any atom is 0.144 e. The van der Waals surface area contributed by atoms with Crippen LogP contribution in [0.25, 0.3) is 11.0 Å².